The smallest absolute Gasteiger partial charge is 0.272 e. The van der Waals surface area contributed by atoms with Gasteiger partial charge in [-0.3, -0.25) is 4.79 Å². The summed E-state index contributed by atoms with van der Waals surface area (Å²) in [6.07, 6.45) is 1.47. The number of pyridine rings is 1. The summed E-state index contributed by atoms with van der Waals surface area (Å²) in [5.74, 6) is -0.113. The predicted molar refractivity (Wildman–Crippen MR) is 70.8 cm³/mol. The summed E-state index contributed by atoms with van der Waals surface area (Å²) in [4.78, 5) is 17.8. The van der Waals surface area contributed by atoms with Crippen molar-refractivity contribution in [2.75, 3.05) is 32.1 Å². The zero-order valence-electron chi connectivity index (χ0n) is 9.53. The first kappa shape index (κ1) is 14.4. The fourth-order valence-electron chi connectivity index (χ4n) is 1.28. The Morgan fingerprint density at radius 3 is 2.82 bits per heavy atom. The van der Waals surface area contributed by atoms with Crippen molar-refractivity contribution in [2.24, 2.45) is 0 Å². The number of halogens is 2. The van der Waals surface area contributed by atoms with Crippen LogP contribution in [0.25, 0.3) is 0 Å². The molecule has 0 atom stereocenters. The van der Waals surface area contributed by atoms with Gasteiger partial charge in [0.1, 0.15) is 5.69 Å². The summed E-state index contributed by atoms with van der Waals surface area (Å²) in [6, 6.07) is 3.28. The van der Waals surface area contributed by atoms with Crippen LogP contribution in [0.1, 0.15) is 10.5 Å². The molecule has 0 saturated heterocycles. The minimum atomic E-state index is -0.113. The Balaban J connectivity index is 2.72. The Labute approximate surface area is 114 Å². The van der Waals surface area contributed by atoms with Crippen molar-refractivity contribution in [1.29, 1.82) is 0 Å². The number of nitrogens with zero attached hydrogens (tertiary/aromatic N) is 2. The third-order valence-corrected chi connectivity index (χ3v) is 2.73. The average molecular weight is 322 g/mol. The van der Waals surface area contributed by atoms with Gasteiger partial charge in [0.25, 0.3) is 5.91 Å². The lowest BCUT2D eigenvalue weighted by molar-refractivity contribution is 0.0703. The fourth-order valence-corrected chi connectivity index (χ4v) is 1.82. The molecule has 1 aromatic rings. The number of ether oxygens (including phenoxy) is 1. The number of carbonyl (C=O) groups excluding carboxylic acids is 1. The number of hydrogen-bond acceptors (Lipinski definition) is 3. The summed E-state index contributed by atoms with van der Waals surface area (Å²) < 4.78 is 4.97. The SMILES string of the molecule is COCCN(CCBr)C(=O)c1ccc(Cl)cn1. The molecule has 0 spiro atoms. The van der Waals surface area contributed by atoms with Crippen LogP contribution < -0.4 is 0 Å². The second kappa shape index (κ2) is 7.63. The number of methoxy groups -OCH3 is 1. The number of hydrogen-bond donors (Lipinski definition) is 0. The molecule has 1 amide bonds. The second-order valence-corrected chi connectivity index (χ2v) is 4.57. The lowest BCUT2D eigenvalue weighted by Crippen LogP contribution is -2.35. The summed E-state index contributed by atoms with van der Waals surface area (Å²) in [5.41, 5.74) is 0.395. The van der Waals surface area contributed by atoms with Gasteiger partial charge in [0.2, 0.25) is 0 Å². The van der Waals surface area contributed by atoms with E-state index in [1.165, 1.54) is 6.20 Å². The lowest BCUT2D eigenvalue weighted by atomic mass is 10.3. The summed E-state index contributed by atoms with van der Waals surface area (Å²) in [5, 5.41) is 1.24. The molecule has 1 rings (SSSR count). The van der Waals surface area contributed by atoms with E-state index in [4.69, 9.17) is 16.3 Å². The van der Waals surface area contributed by atoms with Crippen LogP contribution in [0.3, 0.4) is 0 Å². The van der Waals surface area contributed by atoms with Crippen molar-refractivity contribution < 1.29 is 9.53 Å². The van der Waals surface area contributed by atoms with E-state index >= 15 is 0 Å². The highest BCUT2D eigenvalue weighted by Gasteiger charge is 2.15. The largest absolute Gasteiger partial charge is 0.383 e. The van der Waals surface area contributed by atoms with Crippen LogP contribution in [-0.4, -0.2) is 47.9 Å². The van der Waals surface area contributed by atoms with Crippen molar-refractivity contribution in [2.45, 2.75) is 0 Å². The maximum atomic E-state index is 12.1. The van der Waals surface area contributed by atoms with Crippen molar-refractivity contribution in [3.8, 4) is 0 Å². The first-order valence-electron chi connectivity index (χ1n) is 5.14. The third kappa shape index (κ3) is 4.61. The highest BCUT2D eigenvalue weighted by atomic mass is 79.9. The highest BCUT2D eigenvalue weighted by Crippen LogP contribution is 2.08. The molecule has 0 aliphatic heterocycles. The molecule has 0 saturated carbocycles. The van der Waals surface area contributed by atoms with E-state index in [9.17, 15) is 4.79 Å². The number of alkyl halides is 1. The van der Waals surface area contributed by atoms with Crippen molar-refractivity contribution in [3.05, 3.63) is 29.0 Å². The summed E-state index contributed by atoms with van der Waals surface area (Å²) in [7, 11) is 1.61. The van der Waals surface area contributed by atoms with Crippen LogP contribution in [0.5, 0.6) is 0 Å². The van der Waals surface area contributed by atoms with Gasteiger partial charge in [-0.05, 0) is 12.1 Å². The van der Waals surface area contributed by atoms with E-state index in [1.54, 1.807) is 24.1 Å². The minimum absolute atomic E-state index is 0.113. The van der Waals surface area contributed by atoms with Gasteiger partial charge in [-0.1, -0.05) is 27.5 Å². The second-order valence-electron chi connectivity index (χ2n) is 3.34. The Morgan fingerprint density at radius 1 is 1.53 bits per heavy atom. The fraction of sp³-hybridized carbons (Fsp3) is 0.455. The third-order valence-electron chi connectivity index (χ3n) is 2.15. The number of aromatic nitrogens is 1. The first-order valence-corrected chi connectivity index (χ1v) is 6.64. The van der Waals surface area contributed by atoms with Gasteiger partial charge in [0.15, 0.2) is 0 Å². The Kier molecular flexibility index (Phi) is 6.47. The van der Waals surface area contributed by atoms with Gasteiger partial charge < -0.3 is 9.64 Å². The maximum Gasteiger partial charge on any atom is 0.272 e. The maximum absolute atomic E-state index is 12.1. The first-order chi connectivity index (χ1) is 8.19. The van der Waals surface area contributed by atoms with E-state index in [-0.39, 0.29) is 5.91 Å². The molecule has 0 radical (unpaired) electrons. The zero-order chi connectivity index (χ0) is 12.7. The molecule has 0 N–H and O–H groups in total. The molecule has 0 bridgehead atoms. The standard InChI is InChI=1S/C11H14BrClN2O2/c1-17-7-6-15(5-4-12)11(16)10-3-2-9(13)8-14-10/h2-3,8H,4-7H2,1H3. The van der Waals surface area contributed by atoms with E-state index in [1.807, 2.05) is 0 Å². The quantitative estimate of drug-likeness (QED) is 0.755. The molecule has 0 aliphatic rings. The van der Waals surface area contributed by atoms with Gasteiger partial charge >= 0.3 is 0 Å². The van der Waals surface area contributed by atoms with Gasteiger partial charge in [-0.2, -0.15) is 0 Å². The van der Waals surface area contributed by atoms with Crippen molar-refractivity contribution >= 4 is 33.4 Å². The van der Waals surface area contributed by atoms with Crippen molar-refractivity contribution in [3.63, 3.8) is 0 Å². The molecular formula is C11H14BrClN2O2. The van der Waals surface area contributed by atoms with Crippen molar-refractivity contribution in [1.82, 2.24) is 9.88 Å². The minimum Gasteiger partial charge on any atom is -0.383 e. The van der Waals surface area contributed by atoms with E-state index in [0.717, 1.165) is 5.33 Å². The van der Waals surface area contributed by atoms with E-state index in [2.05, 4.69) is 20.9 Å². The van der Waals surface area contributed by atoms with Crippen LogP contribution in [0, 0.1) is 0 Å². The zero-order valence-corrected chi connectivity index (χ0v) is 11.9. The van der Waals surface area contributed by atoms with Crippen LogP contribution in [0.4, 0.5) is 0 Å². The Hall–Kier alpha value is -0.650. The molecule has 17 heavy (non-hydrogen) atoms. The molecule has 0 unspecified atom stereocenters. The highest BCUT2D eigenvalue weighted by molar-refractivity contribution is 9.09. The van der Waals surface area contributed by atoms with Crippen LogP contribution >= 0.6 is 27.5 Å². The van der Waals surface area contributed by atoms with Crippen LogP contribution in [0.2, 0.25) is 5.02 Å². The van der Waals surface area contributed by atoms with E-state index in [0.29, 0.717) is 30.4 Å². The molecule has 0 aromatic carbocycles. The molecule has 1 aromatic heterocycles. The van der Waals surface area contributed by atoms with Gasteiger partial charge in [0.05, 0.1) is 11.6 Å². The monoisotopic (exact) mass is 320 g/mol. The number of rotatable bonds is 6. The van der Waals surface area contributed by atoms with Gasteiger partial charge in [-0.15, -0.1) is 0 Å². The molecule has 94 valence electrons. The lowest BCUT2D eigenvalue weighted by Gasteiger charge is -2.20. The normalized spacial score (nSPS) is 10.3. The molecule has 0 aliphatic carbocycles. The van der Waals surface area contributed by atoms with Crippen LogP contribution in [0.15, 0.2) is 18.3 Å². The summed E-state index contributed by atoms with van der Waals surface area (Å²) in [6.45, 7) is 1.67. The Morgan fingerprint density at radius 2 is 2.29 bits per heavy atom. The number of carbonyl (C=O) groups is 1. The van der Waals surface area contributed by atoms with E-state index < -0.39 is 0 Å². The predicted octanol–water partition coefficient (Wildman–Crippen LogP) is 2.22. The molecule has 1 heterocycles. The molecule has 6 heteroatoms. The molecule has 0 fully saturated rings. The van der Waals surface area contributed by atoms with Gasteiger partial charge in [0, 0.05) is 31.7 Å². The molecule has 4 nitrogen and oxygen atoms in total. The average Bonchev–Trinajstić information content (AvgIpc) is 2.34. The summed E-state index contributed by atoms with van der Waals surface area (Å²) >= 11 is 9.04. The van der Waals surface area contributed by atoms with Crippen LogP contribution in [-0.2, 0) is 4.74 Å². The Bertz CT molecular complexity index is 359. The molecular weight excluding hydrogens is 307 g/mol. The number of amides is 1. The topological polar surface area (TPSA) is 42.4 Å². The van der Waals surface area contributed by atoms with Gasteiger partial charge in [-0.25, -0.2) is 4.98 Å².